The Morgan fingerprint density at radius 3 is 2.87 bits per heavy atom. The average molecular weight is 313 g/mol. The highest BCUT2D eigenvalue weighted by atomic mass is 16.2. The first-order valence-corrected chi connectivity index (χ1v) is 8.23. The van der Waals surface area contributed by atoms with Crippen LogP contribution in [0, 0.1) is 5.92 Å². The lowest BCUT2D eigenvalue weighted by molar-refractivity contribution is 0.0690. The van der Waals surface area contributed by atoms with Gasteiger partial charge in [0.2, 0.25) is 0 Å². The van der Waals surface area contributed by atoms with Gasteiger partial charge in [-0.25, -0.2) is 9.67 Å². The smallest absolute Gasteiger partial charge is 0.253 e. The molecule has 1 fully saturated rings. The van der Waals surface area contributed by atoms with Crippen LogP contribution in [0.2, 0.25) is 0 Å². The van der Waals surface area contributed by atoms with Crippen molar-refractivity contribution in [1.82, 2.24) is 25.0 Å². The lowest BCUT2D eigenvalue weighted by Gasteiger charge is -2.32. The topological polar surface area (TPSA) is 63.1 Å². The number of carbonyl (C=O) groups excluding carboxylic acids is 1. The Morgan fingerprint density at radius 1 is 1.35 bits per heavy atom. The summed E-state index contributed by atoms with van der Waals surface area (Å²) in [6.07, 6.45) is 5.27. The fraction of sp³-hybridized carbons (Fsp3) is 0.471. The zero-order chi connectivity index (χ0) is 16.1. The minimum Gasteiger partial charge on any atom is -0.339 e. The minimum atomic E-state index is 0.105. The van der Waals surface area contributed by atoms with Crippen molar-refractivity contribution in [3.8, 4) is 5.69 Å². The summed E-state index contributed by atoms with van der Waals surface area (Å²) in [5, 5.41) is 7.51. The van der Waals surface area contributed by atoms with Gasteiger partial charge < -0.3 is 10.2 Å². The molecule has 1 aromatic carbocycles. The number of rotatable bonds is 5. The summed E-state index contributed by atoms with van der Waals surface area (Å²) >= 11 is 0. The predicted octanol–water partition coefficient (Wildman–Crippen LogP) is 1.73. The van der Waals surface area contributed by atoms with Gasteiger partial charge in [0.05, 0.1) is 5.69 Å². The molecule has 1 N–H and O–H groups in total. The second kappa shape index (κ2) is 7.37. The maximum atomic E-state index is 12.7. The SMILES string of the molecule is CCNCC1CCN(C(=O)c2cccc(-n3cncn3)c2)CC1. The summed E-state index contributed by atoms with van der Waals surface area (Å²) in [7, 11) is 0. The first-order valence-electron chi connectivity index (χ1n) is 8.23. The number of aromatic nitrogens is 3. The van der Waals surface area contributed by atoms with Crippen LogP contribution in [-0.4, -0.2) is 51.8 Å². The molecule has 3 rings (SSSR count). The van der Waals surface area contributed by atoms with E-state index in [0.717, 1.165) is 44.7 Å². The molecule has 0 spiro atoms. The number of piperidine rings is 1. The van der Waals surface area contributed by atoms with Crippen LogP contribution in [0.25, 0.3) is 5.69 Å². The predicted molar refractivity (Wildman–Crippen MR) is 88.5 cm³/mol. The van der Waals surface area contributed by atoms with E-state index in [9.17, 15) is 4.79 Å². The van der Waals surface area contributed by atoms with E-state index in [1.54, 1.807) is 11.0 Å². The van der Waals surface area contributed by atoms with Crippen molar-refractivity contribution in [2.45, 2.75) is 19.8 Å². The van der Waals surface area contributed by atoms with E-state index < -0.39 is 0 Å². The van der Waals surface area contributed by atoms with Crippen molar-refractivity contribution in [1.29, 1.82) is 0 Å². The van der Waals surface area contributed by atoms with Crippen LogP contribution < -0.4 is 5.32 Å². The van der Waals surface area contributed by atoms with E-state index >= 15 is 0 Å². The number of amides is 1. The Kier molecular flexibility index (Phi) is 5.02. The van der Waals surface area contributed by atoms with Gasteiger partial charge in [0, 0.05) is 18.7 Å². The van der Waals surface area contributed by atoms with Crippen molar-refractivity contribution < 1.29 is 4.79 Å². The molecule has 0 atom stereocenters. The zero-order valence-corrected chi connectivity index (χ0v) is 13.5. The highest BCUT2D eigenvalue weighted by Gasteiger charge is 2.23. The molecule has 0 bridgehead atoms. The van der Waals surface area contributed by atoms with Crippen LogP contribution in [0.5, 0.6) is 0 Å². The fourth-order valence-corrected chi connectivity index (χ4v) is 2.99. The largest absolute Gasteiger partial charge is 0.339 e. The molecule has 1 amide bonds. The number of benzene rings is 1. The first kappa shape index (κ1) is 15.7. The minimum absolute atomic E-state index is 0.105. The fourth-order valence-electron chi connectivity index (χ4n) is 2.99. The zero-order valence-electron chi connectivity index (χ0n) is 13.5. The monoisotopic (exact) mass is 313 g/mol. The normalized spacial score (nSPS) is 15.8. The molecule has 0 aliphatic carbocycles. The van der Waals surface area contributed by atoms with E-state index in [4.69, 9.17) is 0 Å². The van der Waals surface area contributed by atoms with Crippen molar-refractivity contribution >= 4 is 5.91 Å². The quantitative estimate of drug-likeness (QED) is 0.913. The van der Waals surface area contributed by atoms with Gasteiger partial charge in [-0.3, -0.25) is 4.79 Å². The van der Waals surface area contributed by atoms with Gasteiger partial charge in [0.25, 0.3) is 5.91 Å². The number of nitrogens with one attached hydrogen (secondary N) is 1. The van der Waals surface area contributed by atoms with E-state index in [-0.39, 0.29) is 5.91 Å². The molecule has 1 saturated heterocycles. The maximum Gasteiger partial charge on any atom is 0.253 e. The Hall–Kier alpha value is -2.21. The second-order valence-electron chi connectivity index (χ2n) is 5.93. The molecule has 1 aliphatic heterocycles. The Bertz CT molecular complexity index is 632. The Morgan fingerprint density at radius 2 is 2.17 bits per heavy atom. The first-order chi connectivity index (χ1) is 11.3. The highest BCUT2D eigenvalue weighted by molar-refractivity contribution is 5.94. The summed E-state index contributed by atoms with van der Waals surface area (Å²) < 4.78 is 1.67. The molecule has 6 heteroatoms. The molecule has 0 saturated carbocycles. The van der Waals surface area contributed by atoms with Crippen LogP contribution in [0.1, 0.15) is 30.1 Å². The number of hydrogen-bond donors (Lipinski definition) is 1. The van der Waals surface area contributed by atoms with Gasteiger partial charge in [-0.2, -0.15) is 5.10 Å². The number of likely N-dealkylation sites (tertiary alicyclic amines) is 1. The summed E-state index contributed by atoms with van der Waals surface area (Å²) in [4.78, 5) is 18.6. The summed E-state index contributed by atoms with van der Waals surface area (Å²) in [5.41, 5.74) is 1.57. The van der Waals surface area contributed by atoms with Gasteiger partial charge in [0.15, 0.2) is 0 Å². The third kappa shape index (κ3) is 3.76. The molecule has 1 aliphatic rings. The maximum absolute atomic E-state index is 12.7. The Balaban J connectivity index is 1.64. The van der Waals surface area contributed by atoms with Gasteiger partial charge in [-0.05, 0) is 50.0 Å². The molecule has 0 unspecified atom stereocenters. The van der Waals surface area contributed by atoms with Crippen molar-refractivity contribution in [2.24, 2.45) is 5.92 Å². The van der Waals surface area contributed by atoms with Gasteiger partial charge >= 0.3 is 0 Å². The molecule has 2 heterocycles. The van der Waals surface area contributed by atoms with Crippen molar-refractivity contribution in [3.63, 3.8) is 0 Å². The molecule has 122 valence electrons. The van der Waals surface area contributed by atoms with Crippen molar-refractivity contribution in [3.05, 3.63) is 42.5 Å². The Labute approximate surface area is 136 Å². The molecule has 1 aromatic heterocycles. The molecule has 23 heavy (non-hydrogen) atoms. The summed E-state index contributed by atoms with van der Waals surface area (Å²) in [5.74, 6) is 0.786. The third-order valence-electron chi connectivity index (χ3n) is 4.36. The number of carbonyl (C=O) groups is 1. The van der Waals surface area contributed by atoms with Gasteiger partial charge in [0.1, 0.15) is 12.7 Å². The lowest BCUT2D eigenvalue weighted by atomic mass is 9.96. The highest BCUT2D eigenvalue weighted by Crippen LogP contribution is 2.19. The number of nitrogens with zero attached hydrogens (tertiary/aromatic N) is 4. The molecule has 0 radical (unpaired) electrons. The van der Waals surface area contributed by atoms with E-state index in [1.807, 2.05) is 29.2 Å². The molecular formula is C17H23N5O. The summed E-state index contributed by atoms with van der Waals surface area (Å²) in [6, 6.07) is 7.56. The van der Waals surface area contributed by atoms with Crippen LogP contribution >= 0.6 is 0 Å². The standard InChI is InChI=1S/C17H23N5O/c1-2-18-11-14-6-8-21(9-7-14)17(23)15-4-3-5-16(10-15)22-13-19-12-20-22/h3-5,10,12-14,18H,2,6-9,11H2,1H3. The van der Waals surface area contributed by atoms with E-state index in [1.165, 1.54) is 6.33 Å². The van der Waals surface area contributed by atoms with Crippen LogP contribution in [0.3, 0.4) is 0 Å². The lowest BCUT2D eigenvalue weighted by Crippen LogP contribution is -2.40. The van der Waals surface area contributed by atoms with E-state index in [0.29, 0.717) is 11.5 Å². The van der Waals surface area contributed by atoms with Gasteiger partial charge in [-0.15, -0.1) is 0 Å². The molecular weight excluding hydrogens is 290 g/mol. The third-order valence-corrected chi connectivity index (χ3v) is 4.36. The number of hydrogen-bond acceptors (Lipinski definition) is 4. The second-order valence-corrected chi connectivity index (χ2v) is 5.93. The molecule has 6 nitrogen and oxygen atoms in total. The molecule has 2 aromatic rings. The summed E-state index contributed by atoms with van der Waals surface area (Å²) in [6.45, 7) is 5.86. The van der Waals surface area contributed by atoms with Crippen LogP contribution in [-0.2, 0) is 0 Å². The van der Waals surface area contributed by atoms with Crippen LogP contribution in [0.15, 0.2) is 36.9 Å². The van der Waals surface area contributed by atoms with Gasteiger partial charge in [-0.1, -0.05) is 13.0 Å². The van der Waals surface area contributed by atoms with Crippen LogP contribution in [0.4, 0.5) is 0 Å². The van der Waals surface area contributed by atoms with E-state index in [2.05, 4.69) is 22.3 Å². The van der Waals surface area contributed by atoms with Crippen molar-refractivity contribution in [2.75, 3.05) is 26.2 Å². The average Bonchev–Trinajstić information content (AvgIpc) is 3.14.